The maximum Gasteiger partial charge on any atom is 0.418 e. The molecule has 6 nitrogen and oxygen atoms in total. The fraction of sp³-hybridized carbons (Fsp3) is 0.571. The Hall–Kier alpha value is -2.58. The molecule has 0 aromatic heterocycles. The van der Waals surface area contributed by atoms with Crippen molar-refractivity contribution >= 4 is 23.5 Å². The Labute approximate surface area is 173 Å². The van der Waals surface area contributed by atoms with E-state index in [0.29, 0.717) is 25.9 Å². The van der Waals surface area contributed by atoms with Gasteiger partial charge >= 0.3 is 12.1 Å². The van der Waals surface area contributed by atoms with Gasteiger partial charge in [-0.1, -0.05) is 32.9 Å². The highest BCUT2D eigenvalue weighted by atomic mass is 19.4. The van der Waals surface area contributed by atoms with Crippen LogP contribution in [0.2, 0.25) is 0 Å². The molecule has 166 valence electrons. The second-order valence-electron chi connectivity index (χ2n) is 8.43. The van der Waals surface area contributed by atoms with Crippen LogP contribution in [-0.2, 0) is 25.3 Å². The van der Waals surface area contributed by atoms with Crippen LogP contribution >= 0.6 is 0 Å². The summed E-state index contributed by atoms with van der Waals surface area (Å²) in [4.78, 5) is 38.6. The van der Waals surface area contributed by atoms with E-state index in [1.807, 2.05) is 20.8 Å². The van der Waals surface area contributed by atoms with Crippen LogP contribution in [0.3, 0.4) is 0 Å². The molecule has 1 aromatic carbocycles. The first kappa shape index (κ1) is 23.7. The number of nitrogens with zero attached hydrogens (tertiary/aromatic N) is 1. The SMILES string of the molecule is CC(OC(=O)C1CCN(C(=O)C(C)(C)C)CC1)C(=O)Nc1ccccc1C(F)(F)F. The lowest BCUT2D eigenvalue weighted by molar-refractivity contribution is -0.160. The van der Waals surface area contributed by atoms with Crippen LogP contribution in [0, 0.1) is 11.3 Å². The summed E-state index contributed by atoms with van der Waals surface area (Å²) in [7, 11) is 0. The second kappa shape index (κ2) is 9.06. The number of ether oxygens (including phenoxy) is 1. The number of carbonyl (C=O) groups excluding carboxylic acids is 3. The number of halogens is 3. The molecule has 0 radical (unpaired) electrons. The zero-order valence-electron chi connectivity index (χ0n) is 17.5. The third-order valence-electron chi connectivity index (χ3n) is 4.91. The van der Waals surface area contributed by atoms with Crippen molar-refractivity contribution < 1.29 is 32.3 Å². The zero-order valence-corrected chi connectivity index (χ0v) is 17.5. The summed E-state index contributed by atoms with van der Waals surface area (Å²) in [6.45, 7) is 7.61. The molecular formula is C21H27F3N2O4. The number of para-hydroxylation sites is 1. The Bertz CT molecular complexity index is 794. The average molecular weight is 428 g/mol. The lowest BCUT2D eigenvalue weighted by Crippen LogP contribution is -2.45. The van der Waals surface area contributed by atoms with E-state index in [0.717, 1.165) is 12.1 Å². The zero-order chi connectivity index (χ0) is 22.7. The van der Waals surface area contributed by atoms with E-state index in [1.54, 1.807) is 4.90 Å². The maximum atomic E-state index is 13.1. The number of amides is 2. The van der Waals surface area contributed by atoms with Gasteiger partial charge in [0.15, 0.2) is 6.10 Å². The number of hydrogen-bond donors (Lipinski definition) is 1. The van der Waals surface area contributed by atoms with Gasteiger partial charge in [0.1, 0.15) is 0 Å². The molecular weight excluding hydrogens is 401 g/mol. The van der Waals surface area contributed by atoms with Gasteiger partial charge < -0.3 is 15.0 Å². The van der Waals surface area contributed by atoms with Gasteiger partial charge in [-0.05, 0) is 31.9 Å². The van der Waals surface area contributed by atoms with Crippen LogP contribution in [0.5, 0.6) is 0 Å². The molecule has 0 bridgehead atoms. The van der Waals surface area contributed by atoms with E-state index in [1.165, 1.54) is 19.1 Å². The molecule has 1 fully saturated rings. The van der Waals surface area contributed by atoms with Crippen molar-refractivity contribution in [3.05, 3.63) is 29.8 Å². The molecule has 1 aliphatic heterocycles. The number of esters is 1. The minimum atomic E-state index is -4.62. The van der Waals surface area contributed by atoms with Gasteiger partial charge in [0.05, 0.1) is 17.2 Å². The molecule has 1 aromatic rings. The number of nitrogens with one attached hydrogen (secondary N) is 1. The smallest absolute Gasteiger partial charge is 0.418 e. The summed E-state index contributed by atoms with van der Waals surface area (Å²) in [6.07, 6.45) is -5.06. The summed E-state index contributed by atoms with van der Waals surface area (Å²) < 4.78 is 44.3. The molecule has 2 rings (SSSR count). The van der Waals surface area contributed by atoms with Gasteiger partial charge in [-0.25, -0.2) is 0 Å². The molecule has 0 saturated carbocycles. The average Bonchev–Trinajstić information content (AvgIpc) is 2.66. The van der Waals surface area contributed by atoms with Crippen molar-refractivity contribution in [1.29, 1.82) is 0 Å². The topological polar surface area (TPSA) is 75.7 Å². The van der Waals surface area contributed by atoms with Gasteiger partial charge in [0.25, 0.3) is 5.91 Å². The molecule has 9 heteroatoms. The summed E-state index contributed by atoms with van der Waals surface area (Å²) in [6, 6.07) is 4.59. The predicted molar refractivity (Wildman–Crippen MR) is 104 cm³/mol. The first-order valence-electron chi connectivity index (χ1n) is 9.77. The van der Waals surface area contributed by atoms with E-state index in [-0.39, 0.29) is 5.91 Å². The lowest BCUT2D eigenvalue weighted by atomic mass is 9.91. The van der Waals surface area contributed by atoms with Gasteiger partial charge in [-0.3, -0.25) is 14.4 Å². The molecule has 1 heterocycles. The highest BCUT2D eigenvalue weighted by molar-refractivity contribution is 5.96. The highest BCUT2D eigenvalue weighted by Crippen LogP contribution is 2.34. The van der Waals surface area contributed by atoms with Crippen LogP contribution in [-0.4, -0.2) is 41.9 Å². The standard InChI is InChI=1S/C21H27F3N2O4/c1-13(17(27)25-16-8-6-5-7-15(16)21(22,23)24)30-18(28)14-9-11-26(12-10-14)19(29)20(2,3)4/h5-8,13-14H,9-12H2,1-4H3,(H,25,27). The Morgan fingerprint density at radius 1 is 1.10 bits per heavy atom. The minimum Gasteiger partial charge on any atom is -0.452 e. The van der Waals surface area contributed by atoms with Gasteiger partial charge in [0, 0.05) is 18.5 Å². The van der Waals surface area contributed by atoms with Crippen LogP contribution in [0.1, 0.15) is 46.1 Å². The van der Waals surface area contributed by atoms with Crippen molar-refractivity contribution in [3.63, 3.8) is 0 Å². The molecule has 0 spiro atoms. The minimum absolute atomic E-state index is 0.00499. The number of piperidine rings is 1. The van der Waals surface area contributed by atoms with E-state index >= 15 is 0 Å². The highest BCUT2D eigenvalue weighted by Gasteiger charge is 2.35. The summed E-state index contributed by atoms with van der Waals surface area (Å²) in [5.41, 5.74) is -1.88. The van der Waals surface area contributed by atoms with Crippen LogP contribution in [0.15, 0.2) is 24.3 Å². The Kier molecular flexibility index (Phi) is 7.15. The number of rotatable bonds is 4. The molecule has 1 unspecified atom stereocenters. The normalized spacial score (nSPS) is 16.7. The van der Waals surface area contributed by atoms with E-state index < -0.39 is 46.7 Å². The third kappa shape index (κ3) is 5.96. The van der Waals surface area contributed by atoms with Gasteiger partial charge in [-0.15, -0.1) is 0 Å². The molecule has 2 amide bonds. The Morgan fingerprint density at radius 3 is 2.20 bits per heavy atom. The third-order valence-corrected chi connectivity index (χ3v) is 4.91. The van der Waals surface area contributed by atoms with Gasteiger partial charge in [0.2, 0.25) is 5.91 Å². The molecule has 1 saturated heterocycles. The maximum absolute atomic E-state index is 13.1. The predicted octanol–water partition coefficient (Wildman–Crippen LogP) is 3.86. The molecule has 0 aliphatic carbocycles. The first-order chi connectivity index (χ1) is 13.8. The van der Waals surface area contributed by atoms with Crippen molar-refractivity contribution in [2.45, 2.75) is 52.8 Å². The molecule has 30 heavy (non-hydrogen) atoms. The van der Waals surface area contributed by atoms with Gasteiger partial charge in [-0.2, -0.15) is 13.2 Å². The monoisotopic (exact) mass is 428 g/mol. The summed E-state index contributed by atoms with van der Waals surface area (Å²) >= 11 is 0. The molecule has 1 N–H and O–H groups in total. The van der Waals surface area contributed by atoms with Crippen molar-refractivity contribution in [1.82, 2.24) is 4.90 Å². The van der Waals surface area contributed by atoms with E-state index in [4.69, 9.17) is 4.74 Å². The Balaban J connectivity index is 1.91. The first-order valence-corrected chi connectivity index (χ1v) is 9.77. The summed E-state index contributed by atoms with van der Waals surface area (Å²) in [5, 5.41) is 2.17. The molecule has 1 aliphatic rings. The number of hydrogen-bond acceptors (Lipinski definition) is 4. The summed E-state index contributed by atoms with van der Waals surface area (Å²) in [5.74, 6) is -1.90. The van der Waals surface area contributed by atoms with Crippen LogP contribution in [0.4, 0.5) is 18.9 Å². The number of carbonyl (C=O) groups is 3. The fourth-order valence-electron chi connectivity index (χ4n) is 3.19. The number of benzene rings is 1. The Morgan fingerprint density at radius 2 is 1.67 bits per heavy atom. The largest absolute Gasteiger partial charge is 0.452 e. The van der Waals surface area contributed by atoms with E-state index in [2.05, 4.69) is 5.32 Å². The van der Waals surface area contributed by atoms with E-state index in [9.17, 15) is 27.6 Å². The van der Waals surface area contributed by atoms with Crippen molar-refractivity contribution in [2.75, 3.05) is 18.4 Å². The lowest BCUT2D eigenvalue weighted by Gasteiger charge is -2.35. The van der Waals surface area contributed by atoms with Crippen molar-refractivity contribution in [2.24, 2.45) is 11.3 Å². The number of anilines is 1. The van der Waals surface area contributed by atoms with Crippen LogP contribution < -0.4 is 5.32 Å². The quantitative estimate of drug-likeness (QED) is 0.739. The van der Waals surface area contributed by atoms with Crippen molar-refractivity contribution in [3.8, 4) is 0 Å². The fourth-order valence-corrected chi connectivity index (χ4v) is 3.19. The molecule has 1 atom stereocenters. The second-order valence-corrected chi connectivity index (χ2v) is 8.43. The number of likely N-dealkylation sites (tertiary alicyclic amines) is 1. The number of alkyl halides is 3. The van der Waals surface area contributed by atoms with Crippen LogP contribution in [0.25, 0.3) is 0 Å².